The number of carbonyl (C=O) groups is 1. The fourth-order valence-electron chi connectivity index (χ4n) is 2.23. The zero-order chi connectivity index (χ0) is 18.5. The normalized spacial score (nSPS) is 11.0. The maximum atomic E-state index is 12.3. The lowest BCUT2D eigenvalue weighted by atomic mass is 10.1. The predicted octanol–water partition coefficient (Wildman–Crippen LogP) is 5.32. The third kappa shape index (κ3) is 4.37. The van der Waals surface area contributed by atoms with Crippen LogP contribution in [0.3, 0.4) is 0 Å². The molecule has 0 aliphatic rings. The number of benzene rings is 2. The molecule has 0 saturated heterocycles. The number of amides is 1. The van der Waals surface area contributed by atoms with Gasteiger partial charge in [-0.05, 0) is 30.7 Å². The Hall–Kier alpha value is -2.94. The van der Waals surface area contributed by atoms with Gasteiger partial charge in [-0.25, -0.2) is 4.98 Å². The highest BCUT2D eigenvalue weighted by Gasteiger charge is 2.12. The number of nitrogens with zero attached hydrogens (tertiary/aromatic N) is 2. The van der Waals surface area contributed by atoms with E-state index < -0.39 is 5.91 Å². The predicted molar refractivity (Wildman–Crippen MR) is 106 cm³/mol. The average molecular weight is 380 g/mol. The van der Waals surface area contributed by atoms with Gasteiger partial charge >= 0.3 is 0 Å². The van der Waals surface area contributed by atoms with E-state index in [-0.39, 0.29) is 5.57 Å². The van der Waals surface area contributed by atoms with E-state index in [9.17, 15) is 10.1 Å². The van der Waals surface area contributed by atoms with Crippen molar-refractivity contribution in [1.29, 1.82) is 5.26 Å². The van der Waals surface area contributed by atoms with Crippen molar-refractivity contribution >= 4 is 40.1 Å². The highest BCUT2D eigenvalue weighted by atomic mass is 35.5. The lowest BCUT2D eigenvalue weighted by Crippen LogP contribution is -2.13. The second-order valence-corrected chi connectivity index (χ2v) is 6.87. The molecule has 3 aromatic rings. The summed E-state index contributed by atoms with van der Waals surface area (Å²) in [6.07, 6.45) is 1.51. The van der Waals surface area contributed by atoms with Crippen LogP contribution in [0.15, 0.2) is 59.5 Å². The molecule has 0 atom stereocenters. The summed E-state index contributed by atoms with van der Waals surface area (Å²) < 4.78 is 0. The number of nitriles is 1. The van der Waals surface area contributed by atoms with Crippen LogP contribution in [0.25, 0.3) is 17.3 Å². The van der Waals surface area contributed by atoms with Gasteiger partial charge in [0, 0.05) is 16.0 Å². The van der Waals surface area contributed by atoms with Crippen LogP contribution in [0.1, 0.15) is 11.1 Å². The minimum absolute atomic E-state index is 0.000548. The van der Waals surface area contributed by atoms with Crippen molar-refractivity contribution in [3.05, 3.63) is 75.6 Å². The van der Waals surface area contributed by atoms with Crippen LogP contribution in [-0.2, 0) is 4.79 Å². The zero-order valence-electron chi connectivity index (χ0n) is 13.9. The number of aryl methyl sites for hydroxylation is 1. The second-order valence-electron chi connectivity index (χ2n) is 5.58. The van der Waals surface area contributed by atoms with E-state index in [1.807, 2.05) is 42.6 Å². The maximum Gasteiger partial charge on any atom is 0.268 e. The van der Waals surface area contributed by atoms with Crippen molar-refractivity contribution in [3.63, 3.8) is 0 Å². The van der Waals surface area contributed by atoms with Crippen LogP contribution in [0.2, 0.25) is 5.02 Å². The van der Waals surface area contributed by atoms with E-state index in [0.29, 0.717) is 10.2 Å². The zero-order valence-corrected chi connectivity index (χ0v) is 15.4. The Balaban J connectivity index is 1.75. The van der Waals surface area contributed by atoms with E-state index in [1.54, 1.807) is 24.3 Å². The Morgan fingerprint density at radius 2 is 1.88 bits per heavy atom. The van der Waals surface area contributed by atoms with Gasteiger partial charge in [0.15, 0.2) is 5.13 Å². The molecular formula is C20H14ClN3OS. The lowest BCUT2D eigenvalue weighted by Gasteiger charge is -2.01. The van der Waals surface area contributed by atoms with E-state index >= 15 is 0 Å². The molecule has 0 aliphatic heterocycles. The fourth-order valence-corrected chi connectivity index (χ4v) is 3.07. The summed E-state index contributed by atoms with van der Waals surface area (Å²) in [6, 6.07) is 16.8. The molecule has 1 aromatic heterocycles. The van der Waals surface area contributed by atoms with Crippen molar-refractivity contribution in [2.75, 3.05) is 5.32 Å². The molecule has 0 radical (unpaired) electrons. The topological polar surface area (TPSA) is 65.8 Å². The molecule has 1 amide bonds. The SMILES string of the molecule is Cc1ccc(-c2csc(NC(=O)C(C#N)=Cc3ccc(Cl)cc3)n2)cc1. The highest BCUT2D eigenvalue weighted by molar-refractivity contribution is 7.14. The number of nitrogens with one attached hydrogen (secondary N) is 1. The van der Waals surface area contributed by atoms with Crippen LogP contribution in [0.4, 0.5) is 5.13 Å². The van der Waals surface area contributed by atoms with Gasteiger partial charge in [-0.3, -0.25) is 10.1 Å². The van der Waals surface area contributed by atoms with Gasteiger partial charge in [-0.15, -0.1) is 11.3 Å². The molecule has 4 nitrogen and oxygen atoms in total. The third-order valence-electron chi connectivity index (χ3n) is 3.62. The van der Waals surface area contributed by atoms with Crippen molar-refractivity contribution < 1.29 is 4.79 Å². The molecule has 0 unspecified atom stereocenters. The van der Waals surface area contributed by atoms with Gasteiger partial charge in [0.25, 0.3) is 5.91 Å². The molecule has 0 saturated carbocycles. The van der Waals surface area contributed by atoms with Gasteiger partial charge in [0.05, 0.1) is 5.69 Å². The first-order valence-electron chi connectivity index (χ1n) is 7.76. The largest absolute Gasteiger partial charge is 0.297 e. The Morgan fingerprint density at radius 1 is 1.19 bits per heavy atom. The molecule has 2 aromatic carbocycles. The number of thiazole rings is 1. The summed E-state index contributed by atoms with van der Waals surface area (Å²) in [6.45, 7) is 2.02. The molecular weight excluding hydrogens is 366 g/mol. The van der Waals surface area contributed by atoms with Crippen molar-refractivity contribution in [3.8, 4) is 17.3 Å². The van der Waals surface area contributed by atoms with Crippen molar-refractivity contribution in [1.82, 2.24) is 4.98 Å². The third-order valence-corrected chi connectivity index (χ3v) is 4.63. The standard InChI is InChI=1S/C20H14ClN3OS/c1-13-2-6-15(7-3-13)18-12-26-20(23-18)24-19(25)16(11-22)10-14-4-8-17(21)9-5-14/h2-10,12H,1H3,(H,23,24,25). The molecule has 0 spiro atoms. The Morgan fingerprint density at radius 3 is 2.54 bits per heavy atom. The lowest BCUT2D eigenvalue weighted by molar-refractivity contribution is -0.112. The first-order valence-corrected chi connectivity index (χ1v) is 9.02. The highest BCUT2D eigenvalue weighted by Crippen LogP contribution is 2.25. The number of carbonyl (C=O) groups excluding carboxylic acids is 1. The van der Waals surface area contributed by atoms with Gasteiger partial charge in [-0.2, -0.15) is 5.26 Å². The maximum absolute atomic E-state index is 12.3. The molecule has 6 heteroatoms. The molecule has 0 aliphatic carbocycles. The summed E-state index contributed by atoms with van der Waals surface area (Å²) in [5.41, 5.74) is 3.65. The summed E-state index contributed by atoms with van der Waals surface area (Å²) in [5, 5.41) is 14.9. The molecule has 1 heterocycles. The Bertz CT molecular complexity index is 999. The molecule has 3 rings (SSSR count). The Labute approximate surface area is 160 Å². The summed E-state index contributed by atoms with van der Waals surface area (Å²) >= 11 is 7.16. The van der Waals surface area contributed by atoms with Gasteiger partial charge in [-0.1, -0.05) is 53.6 Å². The van der Waals surface area contributed by atoms with E-state index in [2.05, 4.69) is 10.3 Å². The van der Waals surface area contributed by atoms with E-state index in [4.69, 9.17) is 11.6 Å². The van der Waals surface area contributed by atoms with Gasteiger partial charge in [0.2, 0.25) is 0 Å². The van der Waals surface area contributed by atoms with Crippen LogP contribution in [-0.4, -0.2) is 10.9 Å². The number of hydrogen-bond donors (Lipinski definition) is 1. The molecule has 128 valence electrons. The summed E-state index contributed by atoms with van der Waals surface area (Å²) in [4.78, 5) is 16.8. The van der Waals surface area contributed by atoms with Crippen LogP contribution in [0, 0.1) is 18.3 Å². The van der Waals surface area contributed by atoms with E-state index in [1.165, 1.54) is 23.0 Å². The monoisotopic (exact) mass is 379 g/mol. The first-order chi connectivity index (χ1) is 12.5. The second kappa shape index (κ2) is 7.96. The van der Waals surface area contributed by atoms with Crippen molar-refractivity contribution in [2.24, 2.45) is 0 Å². The quantitative estimate of drug-likeness (QED) is 0.493. The first kappa shape index (κ1) is 17.9. The fraction of sp³-hybridized carbons (Fsp3) is 0.0500. The molecule has 0 bridgehead atoms. The Kier molecular flexibility index (Phi) is 5.47. The minimum atomic E-state index is -0.493. The number of aromatic nitrogens is 1. The minimum Gasteiger partial charge on any atom is -0.297 e. The smallest absolute Gasteiger partial charge is 0.268 e. The molecule has 26 heavy (non-hydrogen) atoms. The molecule has 1 N–H and O–H groups in total. The number of hydrogen-bond acceptors (Lipinski definition) is 4. The summed E-state index contributed by atoms with van der Waals surface area (Å²) in [5.74, 6) is -0.493. The van der Waals surface area contributed by atoms with Crippen LogP contribution < -0.4 is 5.32 Å². The molecule has 0 fully saturated rings. The van der Waals surface area contributed by atoms with E-state index in [0.717, 1.165) is 16.8 Å². The van der Waals surface area contributed by atoms with Gasteiger partial charge in [0.1, 0.15) is 11.6 Å². The van der Waals surface area contributed by atoms with Crippen LogP contribution >= 0.6 is 22.9 Å². The number of rotatable bonds is 4. The van der Waals surface area contributed by atoms with Crippen LogP contribution in [0.5, 0.6) is 0 Å². The van der Waals surface area contributed by atoms with Gasteiger partial charge < -0.3 is 0 Å². The summed E-state index contributed by atoms with van der Waals surface area (Å²) in [7, 11) is 0. The number of halogens is 1. The van der Waals surface area contributed by atoms with Crippen molar-refractivity contribution in [2.45, 2.75) is 6.92 Å². The number of anilines is 1. The average Bonchev–Trinajstić information content (AvgIpc) is 3.10.